The molecule has 1 unspecified atom stereocenters. The highest BCUT2D eigenvalue weighted by Gasteiger charge is 2.41. The van der Waals surface area contributed by atoms with E-state index in [0.717, 1.165) is 0 Å². The second-order valence-electron chi connectivity index (χ2n) is 6.69. The third kappa shape index (κ3) is 5.17. The topological polar surface area (TPSA) is 113 Å². The van der Waals surface area contributed by atoms with Gasteiger partial charge in [0.25, 0.3) is 5.70 Å². The molecule has 1 aliphatic heterocycles. The van der Waals surface area contributed by atoms with Crippen LogP contribution in [0.5, 0.6) is 5.75 Å². The van der Waals surface area contributed by atoms with Gasteiger partial charge in [0.05, 0.1) is 22.0 Å². The van der Waals surface area contributed by atoms with Crippen molar-refractivity contribution in [3.05, 3.63) is 92.9 Å². The fraction of sp³-hybridized carbons (Fsp3) is 0.238. The molecular weight excluding hydrogens is 428 g/mol. The molecule has 0 spiro atoms. The molecule has 1 aromatic carbocycles. The van der Waals surface area contributed by atoms with E-state index in [1.165, 1.54) is 44.3 Å². The Kier molecular flexibility index (Phi) is 6.98. The fourth-order valence-corrected chi connectivity index (χ4v) is 3.29. The molecule has 32 heavy (non-hydrogen) atoms. The van der Waals surface area contributed by atoms with E-state index in [9.17, 15) is 23.7 Å². The van der Waals surface area contributed by atoms with E-state index in [4.69, 9.17) is 9.47 Å². The molecule has 1 aromatic heterocycles. The summed E-state index contributed by atoms with van der Waals surface area (Å²) in [5.41, 5.74) is 0.560. The molecule has 9 nitrogen and oxygen atoms in total. The van der Waals surface area contributed by atoms with Gasteiger partial charge in [-0.1, -0.05) is 24.3 Å². The van der Waals surface area contributed by atoms with Crippen molar-refractivity contribution in [1.29, 1.82) is 0 Å². The number of nitrogens with zero attached hydrogens (tertiary/aromatic N) is 2. The van der Waals surface area contributed by atoms with Crippen LogP contribution in [0.2, 0.25) is 0 Å². The van der Waals surface area contributed by atoms with E-state index in [1.54, 1.807) is 18.2 Å². The molecule has 2 aromatic rings. The Morgan fingerprint density at radius 1 is 1.19 bits per heavy atom. The van der Waals surface area contributed by atoms with Crippen molar-refractivity contribution >= 4 is 6.16 Å². The van der Waals surface area contributed by atoms with Gasteiger partial charge in [0, 0.05) is 11.8 Å². The number of aromatic nitrogens is 1. The fourth-order valence-electron chi connectivity index (χ4n) is 3.29. The molecule has 0 aliphatic carbocycles. The standard InChI is InChI=1S/C21H19F2N3O6/c1-12-18(26(28)29)17(15-8-3-4-9-16(15)31-20(22)23)19(13(2)25-12)32-21(27)30-11-14-7-5-6-10-24-14/h3-10,17,20,25H,11H2,1-2H3. The van der Waals surface area contributed by atoms with Gasteiger partial charge in [-0.25, -0.2) is 4.79 Å². The Labute approximate surface area is 181 Å². The summed E-state index contributed by atoms with van der Waals surface area (Å²) in [4.78, 5) is 27.6. The first-order valence-corrected chi connectivity index (χ1v) is 9.39. The average Bonchev–Trinajstić information content (AvgIpc) is 2.74. The maximum atomic E-state index is 12.9. The van der Waals surface area contributed by atoms with Crippen molar-refractivity contribution in [1.82, 2.24) is 10.3 Å². The molecule has 3 rings (SSSR count). The maximum absolute atomic E-state index is 12.9. The van der Waals surface area contributed by atoms with Gasteiger partial charge in [0.15, 0.2) is 0 Å². The SMILES string of the molecule is CC1=C(OC(=O)OCc2ccccn2)C(c2ccccc2OC(F)F)C([N+](=O)[O-])=C(C)N1. The summed E-state index contributed by atoms with van der Waals surface area (Å²) in [5.74, 6) is -1.75. The summed E-state index contributed by atoms with van der Waals surface area (Å²) in [6.07, 6.45) is 0.389. The summed E-state index contributed by atoms with van der Waals surface area (Å²) >= 11 is 0. The number of hydrogen-bond acceptors (Lipinski definition) is 8. The second-order valence-corrected chi connectivity index (χ2v) is 6.69. The van der Waals surface area contributed by atoms with Crippen LogP contribution in [0.25, 0.3) is 0 Å². The van der Waals surface area contributed by atoms with Gasteiger partial charge in [-0.2, -0.15) is 8.78 Å². The van der Waals surface area contributed by atoms with E-state index in [1.807, 2.05) is 0 Å². The predicted molar refractivity (Wildman–Crippen MR) is 107 cm³/mol. The highest BCUT2D eigenvalue weighted by atomic mass is 19.3. The molecule has 0 saturated carbocycles. The normalized spacial score (nSPS) is 16.0. The summed E-state index contributed by atoms with van der Waals surface area (Å²) in [6, 6.07) is 10.6. The molecule has 168 valence electrons. The minimum absolute atomic E-state index is 0.0345. The number of dihydropyridines is 1. The highest BCUT2D eigenvalue weighted by Crippen LogP contribution is 2.42. The first-order chi connectivity index (χ1) is 15.3. The minimum Gasteiger partial charge on any atom is -0.435 e. The minimum atomic E-state index is -3.15. The average molecular weight is 447 g/mol. The Morgan fingerprint density at radius 2 is 1.91 bits per heavy atom. The summed E-state index contributed by atoms with van der Waals surface area (Å²) < 4.78 is 40.8. The number of alkyl halides is 2. The van der Waals surface area contributed by atoms with Crippen LogP contribution in [0, 0.1) is 10.1 Å². The number of halogens is 2. The van der Waals surface area contributed by atoms with Crippen LogP contribution in [0.15, 0.2) is 71.5 Å². The van der Waals surface area contributed by atoms with Crippen molar-refractivity contribution in [2.45, 2.75) is 33.0 Å². The Hall–Kier alpha value is -4.02. The van der Waals surface area contributed by atoms with Crippen LogP contribution in [0.4, 0.5) is 13.6 Å². The number of para-hydroxylation sites is 1. The first kappa shape index (κ1) is 22.7. The van der Waals surface area contributed by atoms with Gasteiger partial charge in [-0.05, 0) is 32.0 Å². The molecule has 11 heteroatoms. The zero-order chi connectivity index (χ0) is 23.3. The van der Waals surface area contributed by atoms with E-state index < -0.39 is 23.6 Å². The van der Waals surface area contributed by atoms with Crippen molar-refractivity contribution in [2.75, 3.05) is 0 Å². The molecule has 0 amide bonds. The molecule has 0 bridgehead atoms. The number of nitro groups is 1. The number of benzene rings is 1. The number of ether oxygens (including phenoxy) is 3. The van der Waals surface area contributed by atoms with E-state index in [0.29, 0.717) is 5.69 Å². The van der Waals surface area contributed by atoms with E-state index >= 15 is 0 Å². The van der Waals surface area contributed by atoms with Gasteiger partial charge in [-0.3, -0.25) is 15.1 Å². The number of allylic oxidation sites excluding steroid dienone is 2. The van der Waals surface area contributed by atoms with Crippen LogP contribution < -0.4 is 10.1 Å². The van der Waals surface area contributed by atoms with E-state index in [-0.39, 0.29) is 40.8 Å². The molecule has 1 aliphatic rings. The van der Waals surface area contributed by atoms with Crippen LogP contribution in [-0.2, 0) is 16.1 Å². The second kappa shape index (κ2) is 9.86. The lowest BCUT2D eigenvalue weighted by atomic mass is 9.89. The monoisotopic (exact) mass is 447 g/mol. The smallest absolute Gasteiger partial charge is 0.435 e. The lowest BCUT2D eigenvalue weighted by Gasteiger charge is -2.27. The molecule has 2 heterocycles. The third-order valence-electron chi connectivity index (χ3n) is 4.56. The third-order valence-corrected chi connectivity index (χ3v) is 4.56. The quantitative estimate of drug-likeness (QED) is 0.376. The summed E-state index contributed by atoms with van der Waals surface area (Å²) in [5, 5.41) is 14.6. The zero-order valence-corrected chi connectivity index (χ0v) is 17.1. The van der Waals surface area contributed by atoms with Crippen molar-refractivity contribution in [2.24, 2.45) is 0 Å². The van der Waals surface area contributed by atoms with Crippen molar-refractivity contribution < 1.29 is 32.7 Å². The Morgan fingerprint density at radius 3 is 2.56 bits per heavy atom. The molecule has 0 saturated heterocycles. The first-order valence-electron chi connectivity index (χ1n) is 9.39. The van der Waals surface area contributed by atoms with Crippen LogP contribution in [0.3, 0.4) is 0 Å². The lowest BCUT2D eigenvalue weighted by molar-refractivity contribution is -0.431. The Balaban J connectivity index is 1.95. The van der Waals surface area contributed by atoms with Gasteiger partial charge in [0.2, 0.25) is 0 Å². The summed E-state index contributed by atoms with van der Waals surface area (Å²) in [7, 11) is 0. The Bertz CT molecular complexity index is 1070. The molecular formula is C21H19F2N3O6. The van der Waals surface area contributed by atoms with Gasteiger partial charge in [0.1, 0.15) is 24.0 Å². The van der Waals surface area contributed by atoms with Gasteiger partial charge in [-0.15, -0.1) is 0 Å². The predicted octanol–water partition coefficient (Wildman–Crippen LogP) is 4.46. The van der Waals surface area contributed by atoms with E-state index in [2.05, 4.69) is 15.0 Å². The number of carbonyl (C=O) groups is 1. The van der Waals surface area contributed by atoms with Crippen LogP contribution in [-0.4, -0.2) is 22.7 Å². The molecule has 0 fully saturated rings. The molecule has 1 N–H and O–H groups in total. The number of hydrogen-bond donors (Lipinski definition) is 1. The van der Waals surface area contributed by atoms with Crippen molar-refractivity contribution in [3.8, 4) is 5.75 Å². The lowest BCUT2D eigenvalue weighted by Crippen LogP contribution is -2.30. The molecule has 0 radical (unpaired) electrons. The largest absolute Gasteiger partial charge is 0.514 e. The van der Waals surface area contributed by atoms with Gasteiger partial charge >= 0.3 is 12.8 Å². The highest BCUT2D eigenvalue weighted by molar-refractivity contribution is 5.63. The summed E-state index contributed by atoms with van der Waals surface area (Å²) in [6.45, 7) is -0.349. The van der Waals surface area contributed by atoms with Crippen LogP contribution in [0.1, 0.15) is 31.0 Å². The number of rotatable bonds is 7. The number of carbonyl (C=O) groups excluding carboxylic acids is 1. The maximum Gasteiger partial charge on any atom is 0.514 e. The van der Waals surface area contributed by atoms with Gasteiger partial charge < -0.3 is 19.5 Å². The molecule has 1 atom stereocenters. The zero-order valence-electron chi connectivity index (χ0n) is 17.1. The number of pyridine rings is 1. The number of nitrogens with one attached hydrogen (secondary N) is 1. The van der Waals surface area contributed by atoms with Crippen molar-refractivity contribution in [3.63, 3.8) is 0 Å². The van der Waals surface area contributed by atoms with Crippen LogP contribution >= 0.6 is 0 Å².